The molecule has 0 saturated heterocycles. The van der Waals surface area contributed by atoms with Crippen molar-refractivity contribution in [2.75, 3.05) is 26.2 Å². The van der Waals surface area contributed by atoms with Gasteiger partial charge < -0.3 is 46.1 Å². The van der Waals surface area contributed by atoms with Gasteiger partial charge in [-0.25, -0.2) is 4.79 Å². The molecule has 0 spiro atoms. The van der Waals surface area contributed by atoms with E-state index in [1.54, 1.807) is 60.7 Å². The van der Waals surface area contributed by atoms with E-state index < -0.39 is 23.6 Å². The van der Waals surface area contributed by atoms with Crippen molar-refractivity contribution < 1.29 is 39.5 Å². The van der Waals surface area contributed by atoms with Crippen molar-refractivity contribution in [1.82, 2.24) is 20.9 Å². The molecule has 0 unspecified atom stereocenters. The number of rotatable bonds is 15. The van der Waals surface area contributed by atoms with Crippen LogP contribution in [0.1, 0.15) is 38.7 Å². The lowest BCUT2D eigenvalue weighted by molar-refractivity contribution is -0.155. The van der Waals surface area contributed by atoms with Gasteiger partial charge in [-0.3, -0.25) is 14.4 Å². The molecule has 0 saturated carbocycles. The fourth-order valence-corrected chi connectivity index (χ4v) is 5.37. The number of carboxylic acid groups (broad SMARTS) is 1. The Morgan fingerprint density at radius 3 is 2.30 bits per heavy atom. The van der Waals surface area contributed by atoms with E-state index in [-0.39, 0.29) is 65.9 Å². The lowest BCUT2D eigenvalue weighted by Crippen LogP contribution is -2.37. The van der Waals surface area contributed by atoms with E-state index in [1.165, 1.54) is 42.5 Å². The first-order chi connectivity index (χ1) is 24.1. The van der Waals surface area contributed by atoms with E-state index in [9.17, 15) is 39.6 Å². The van der Waals surface area contributed by atoms with E-state index in [1.807, 2.05) is 0 Å². The number of carboxylic acids is 1. The minimum atomic E-state index is -2.31. The molecule has 0 aliphatic rings. The summed E-state index contributed by atoms with van der Waals surface area (Å²) in [5.74, 6) is -2.13. The van der Waals surface area contributed by atoms with Gasteiger partial charge in [-0.2, -0.15) is 0 Å². The number of nitrogens with one attached hydrogen (secondary N) is 4. The number of aliphatic hydroxyl groups excluding tert-OH is 1. The maximum absolute atomic E-state index is 12.6. The first kappa shape index (κ1) is 35.3. The van der Waals surface area contributed by atoms with E-state index >= 15 is 0 Å². The number of carbonyl (C=O) groups excluding carboxylic acids is 2. The number of aromatic amines is 1. The monoisotopic (exact) mass is 680 g/mol. The Hall–Kier alpha value is -6.02. The molecule has 0 aliphatic heterocycles. The smallest absolute Gasteiger partial charge is 0.345 e. The van der Waals surface area contributed by atoms with Crippen LogP contribution in [-0.2, 0) is 21.7 Å². The molecular formula is C37H36N4O9. The number of phenols is 1. The second kappa shape index (κ2) is 15.9. The maximum Gasteiger partial charge on any atom is 0.345 e. The highest BCUT2D eigenvalue weighted by Gasteiger charge is 2.40. The van der Waals surface area contributed by atoms with Crippen LogP contribution in [0, 0.1) is 0 Å². The van der Waals surface area contributed by atoms with Crippen molar-refractivity contribution in [1.29, 1.82) is 0 Å². The molecule has 0 bridgehead atoms. The summed E-state index contributed by atoms with van der Waals surface area (Å²) in [6, 6.07) is 26.6. The number of phenolic OH excluding ortho intramolecular Hbond substituents is 1. The largest absolute Gasteiger partial charge is 0.506 e. The Kier molecular flexibility index (Phi) is 11.2. The fourth-order valence-electron chi connectivity index (χ4n) is 5.37. The third-order valence-electron chi connectivity index (χ3n) is 8.00. The van der Waals surface area contributed by atoms with Crippen LogP contribution in [0.15, 0.2) is 108 Å². The predicted molar refractivity (Wildman–Crippen MR) is 184 cm³/mol. The average molecular weight is 681 g/mol. The number of hydrogen-bond acceptors (Lipinski definition) is 9. The van der Waals surface area contributed by atoms with Crippen molar-refractivity contribution in [3.05, 3.63) is 141 Å². The molecule has 2 amide bonds. The summed E-state index contributed by atoms with van der Waals surface area (Å²) < 4.78 is 5.52. The lowest BCUT2D eigenvalue weighted by Gasteiger charge is -2.25. The van der Waals surface area contributed by atoms with E-state index in [0.29, 0.717) is 23.1 Å². The number of ether oxygens (including phenoxy) is 1. The van der Waals surface area contributed by atoms with Gasteiger partial charge in [0, 0.05) is 48.8 Å². The Bertz CT molecular complexity index is 2030. The number of fused-ring (bicyclic) bond motifs is 1. The topological polar surface area (TPSA) is 210 Å². The van der Waals surface area contributed by atoms with Crippen LogP contribution in [0.3, 0.4) is 0 Å². The van der Waals surface area contributed by atoms with Crippen LogP contribution >= 0.6 is 0 Å². The molecule has 258 valence electrons. The summed E-state index contributed by atoms with van der Waals surface area (Å²) in [6.07, 6.45) is -0.905. The molecule has 2 atom stereocenters. The number of H-pyrrole nitrogens is 1. The number of aliphatic carboxylic acids is 1. The standard InChI is InChI=1S/C37H36N4O9/c42-30-15-13-28(29-14-16-32(44)41-34(29)30)31(43)21-38-20-23-9-11-24(12-10-23)35(46)40-18-17-39-33(45)22-50-27-8-4-7-26(19-27)37(49,36(47)48)25-5-2-1-3-6-25/h1-16,19,31,38,42-43,49H,17-18,20-22H2,(H,39,45)(H,40,46)(H,41,44)(H,47,48)/t31-,37-/m0/s1. The SMILES string of the molecule is O=C(COc1cccc([C@](O)(C(=O)O)c2ccccc2)c1)NCCNC(=O)c1ccc(CNC[C@H](O)c2ccc(O)c3[nH]c(=O)ccc23)cc1. The Morgan fingerprint density at radius 2 is 1.56 bits per heavy atom. The highest BCUT2D eigenvalue weighted by molar-refractivity contribution is 5.94. The summed E-state index contributed by atoms with van der Waals surface area (Å²) in [7, 11) is 0. The average Bonchev–Trinajstić information content (AvgIpc) is 3.13. The zero-order valence-electron chi connectivity index (χ0n) is 26.8. The minimum Gasteiger partial charge on any atom is -0.506 e. The van der Waals surface area contributed by atoms with Gasteiger partial charge in [0.15, 0.2) is 6.61 Å². The van der Waals surface area contributed by atoms with Crippen molar-refractivity contribution in [3.63, 3.8) is 0 Å². The zero-order chi connectivity index (χ0) is 35.7. The van der Waals surface area contributed by atoms with Gasteiger partial charge >= 0.3 is 5.97 Å². The summed E-state index contributed by atoms with van der Waals surface area (Å²) in [6.45, 7) is 0.541. The predicted octanol–water partition coefficient (Wildman–Crippen LogP) is 2.30. The van der Waals surface area contributed by atoms with Crippen molar-refractivity contribution in [2.45, 2.75) is 18.2 Å². The van der Waals surface area contributed by atoms with Crippen LogP contribution in [-0.4, -0.2) is 69.4 Å². The number of aromatic hydroxyl groups is 1. The zero-order valence-corrected chi connectivity index (χ0v) is 26.8. The van der Waals surface area contributed by atoms with Crippen LogP contribution in [0.5, 0.6) is 11.5 Å². The molecule has 13 nitrogen and oxygen atoms in total. The van der Waals surface area contributed by atoms with Crippen molar-refractivity contribution in [3.8, 4) is 11.5 Å². The molecule has 50 heavy (non-hydrogen) atoms. The van der Waals surface area contributed by atoms with Gasteiger partial charge in [0.25, 0.3) is 11.8 Å². The van der Waals surface area contributed by atoms with Crippen molar-refractivity contribution in [2.24, 2.45) is 0 Å². The number of aliphatic hydroxyl groups is 2. The Balaban J connectivity index is 1.03. The van der Waals surface area contributed by atoms with E-state index in [0.717, 1.165) is 5.56 Å². The molecule has 1 aromatic heterocycles. The third-order valence-corrected chi connectivity index (χ3v) is 8.00. The number of carbonyl (C=O) groups is 3. The minimum absolute atomic E-state index is 0.0692. The molecule has 4 aromatic carbocycles. The molecule has 5 aromatic rings. The first-order valence-corrected chi connectivity index (χ1v) is 15.7. The van der Waals surface area contributed by atoms with Crippen LogP contribution in [0.2, 0.25) is 0 Å². The molecule has 13 heteroatoms. The van der Waals surface area contributed by atoms with Gasteiger partial charge in [-0.05, 0) is 53.1 Å². The quantitative estimate of drug-likeness (QED) is 0.0757. The van der Waals surface area contributed by atoms with Crippen LogP contribution in [0.25, 0.3) is 10.9 Å². The highest BCUT2D eigenvalue weighted by Crippen LogP contribution is 2.32. The molecule has 5 rings (SSSR count). The van der Waals surface area contributed by atoms with Gasteiger partial charge in [0.2, 0.25) is 11.2 Å². The number of hydrogen-bond donors (Lipinski definition) is 8. The summed E-state index contributed by atoms with van der Waals surface area (Å²) >= 11 is 0. The van der Waals surface area contributed by atoms with Crippen molar-refractivity contribution >= 4 is 28.7 Å². The summed E-state index contributed by atoms with van der Waals surface area (Å²) in [5, 5.41) is 50.7. The highest BCUT2D eigenvalue weighted by atomic mass is 16.5. The Labute approximate surface area is 286 Å². The molecular weight excluding hydrogens is 644 g/mol. The number of aromatic nitrogens is 1. The van der Waals surface area contributed by atoms with Crippen LogP contribution in [0.4, 0.5) is 0 Å². The van der Waals surface area contributed by atoms with Gasteiger partial charge in [-0.15, -0.1) is 0 Å². The third kappa shape index (κ3) is 8.33. The summed E-state index contributed by atoms with van der Waals surface area (Å²) in [4.78, 5) is 51.2. The van der Waals surface area contributed by atoms with Gasteiger partial charge in [0.1, 0.15) is 11.5 Å². The second-order valence-electron chi connectivity index (χ2n) is 11.4. The Morgan fingerprint density at radius 1 is 0.840 bits per heavy atom. The fraction of sp³-hybridized carbons (Fsp3) is 0.189. The first-order valence-electron chi connectivity index (χ1n) is 15.7. The van der Waals surface area contributed by atoms with Gasteiger partial charge in [0.05, 0.1) is 11.6 Å². The van der Waals surface area contributed by atoms with Gasteiger partial charge in [-0.1, -0.05) is 60.7 Å². The van der Waals surface area contributed by atoms with Crippen LogP contribution < -0.4 is 26.2 Å². The normalized spacial score (nSPS) is 12.8. The van der Waals surface area contributed by atoms with E-state index in [2.05, 4.69) is 20.9 Å². The molecule has 0 radical (unpaired) electrons. The second-order valence-corrected chi connectivity index (χ2v) is 11.4. The molecule has 1 heterocycles. The molecule has 0 fully saturated rings. The molecule has 8 N–H and O–H groups in total. The van der Waals surface area contributed by atoms with E-state index in [4.69, 9.17) is 4.74 Å². The number of pyridine rings is 1. The lowest BCUT2D eigenvalue weighted by atomic mass is 9.86. The number of amides is 2. The maximum atomic E-state index is 12.6. The molecule has 0 aliphatic carbocycles. The summed E-state index contributed by atoms with van der Waals surface area (Å²) in [5.41, 5.74) is -0.313. The number of benzene rings is 4.